The van der Waals surface area contributed by atoms with E-state index < -0.39 is 0 Å². The summed E-state index contributed by atoms with van der Waals surface area (Å²) in [5.41, 5.74) is 3.75. The zero-order valence-electron chi connectivity index (χ0n) is 10.9. The third-order valence-corrected chi connectivity index (χ3v) is 4.24. The van der Waals surface area contributed by atoms with Crippen molar-refractivity contribution in [3.05, 3.63) is 22.8 Å². The van der Waals surface area contributed by atoms with Crippen LogP contribution in [0.25, 0.3) is 0 Å². The van der Waals surface area contributed by atoms with Gasteiger partial charge in [0, 0.05) is 12.2 Å². The first kappa shape index (κ1) is 12.8. The Bertz CT molecular complexity index is 390. The van der Waals surface area contributed by atoms with Crippen molar-refractivity contribution in [1.82, 2.24) is 15.3 Å². The highest BCUT2D eigenvalue weighted by molar-refractivity contribution is 7.98. The fraction of sp³-hybridized carbons (Fsp3) is 0.692. The third-order valence-electron chi connectivity index (χ3n) is 2.87. The Morgan fingerprint density at radius 1 is 1.35 bits per heavy atom. The minimum atomic E-state index is 0.736. The van der Waals surface area contributed by atoms with E-state index in [1.807, 2.05) is 11.8 Å². The molecule has 0 aliphatic carbocycles. The molecule has 1 aromatic rings. The predicted molar refractivity (Wildman–Crippen MR) is 73.2 cm³/mol. The van der Waals surface area contributed by atoms with E-state index in [-0.39, 0.29) is 0 Å². The molecule has 4 heteroatoms. The average Bonchev–Trinajstić information content (AvgIpc) is 2.28. The third kappa shape index (κ3) is 3.42. The van der Waals surface area contributed by atoms with Crippen molar-refractivity contribution in [1.29, 1.82) is 0 Å². The van der Waals surface area contributed by atoms with Gasteiger partial charge in [-0.1, -0.05) is 13.8 Å². The normalized spacial score (nSPS) is 15.1. The van der Waals surface area contributed by atoms with E-state index in [4.69, 9.17) is 0 Å². The van der Waals surface area contributed by atoms with E-state index in [0.29, 0.717) is 0 Å². The fourth-order valence-electron chi connectivity index (χ4n) is 2.06. The number of nitrogens with zero attached hydrogens (tertiary/aromatic N) is 2. The second-order valence-corrected chi connectivity index (χ2v) is 6.02. The van der Waals surface area contributed by atoms with Crippen LogP contribution in [0.5, 0.6) is 0 Å². The van der Waals surface area contributed by atoms with Gasteiger partial charge in [-0.15, -0.1) is 0 Å². The zero-order chi connectivity index (χ0) is 12.3. The molecular weight excluding hydrogens is 230 g/mol. The molecule has 2 rings (SSSR count). The molecule has 3 nitrogen and oxygen atoms in total. The molecule has 0 amide bonds. The number of aromatic nitrogens is 2. The van der Waals surface area contributed by atoms with Crippen molar-refractivity contribution in [2.45, 2.75) is 39.5 Å². The summed E-state index contributed by atoms with van der Waals surface area (Å²) >= 11 is 1.93. The first-order valence-corrected chi connectivity index (χ1v) is 7.46. The molecule has 1 aliphatic rings. The van der Waals surface area contributed by atoms with Gasteiger partial charge in [-0.3, -0.25) is 0 Å². The Labute approximate surface area is 108 Å². The summed E-state index contributed by atoms with van der Waals surface area (Å²) in [7, 11) is 0. The Hall–Kier alpha value is -0.610. The minimum Gasteiger partial charge on any atom is -0.311 e. The lowest BCUT2D eigenvalue weighted by Crippen LogP contribution is -2.26. The van der Waals surface area contributed by atoms with Gasteiger partial charge in [-0.2, -0.15) is 11.8 Å². The molecule has 0 atom stereocenters. The molecule has 17 heavy (non-hydrogen) atoms. The standard InChI is InChI=1S/C13H21N3S/c1-9(2)7-17-8-13-15-10(3)11-4-5-14-6-12(11)16-13/h9,14H,4-8H2,1-3H3. The van der Waals surface area contributed by atoms with Crippen LogP contribution in [0.15, 0.2) is 0 Å². The topological polar surface area (TPSA) is 37.8 Å². The van der Waals surface area contributed by atoms with Crippen LogP contribution in [0.2, 0.25) is 0 Å². The van der Waals surface area contributed by atoms with Gasteiger partial charge < -0.3 is 5.32 Å². The molecule has 0 saturated heterocycles. The van der Waals surface area contributed by atoms with E-state index in [1.54, 1.807) is 0 Å². The molecule has 1 aliphatic heterocycles. The van der Waals surface area contributed by atoms with Crippen molar-refractivity contribution in [3.8, 4) is 0 Å². The van der Waals surface area contributed by atoms with Gasteiger partial charge in [-0.05, 0) is 37.1 Å². The Morgan fingerprint density at radius 2 is 2.18 bits per heavy atom. The summed E-state index contributed by atoms with van der Waals surface area (Å²) in [6.07, 6.45) is 1.07. The van der Waals surface area contributed by atoms with Crippen LogP contribution in [0.3, 0.4) is 0 Å². The lowest BCUT2D eigenvalue weighted by molar-refractivity contribution is 0.614. The molecule has 1 aromatic heterocycles. The van der Waals surface area contributed by atoms with Crippen LogP contribution in [0.4, 0.5) is 0 Å². The molecular formula is C13H21N3S. The lowest BCUT2D eigenvalue weighted by atomic mass is 10.1. The number of nitrogens with one attached hydrogen (secondary N) is 1. The lowest BCUT2D eigenvalue weighted by Gasteiger charge is -2.18. The van der Waals surface area contributed by atoms with Crippen LogP contribution >= 0.6 is 11.8 Å². The molecule has 2 heterocycles. The molecule has 0 radical (unpaired) electrons. The van der Waals surface area contributed by atoms with Crippen LogP contribution < -0.4 is 5.32 Å². The number of rotatable bonds is 4. The molecule has 94 valence electrons. The first-order chi connectivity index (χ1) is 8.16. The van der Waals surface area contributed by atoms with Crippen molar-refractivity contribution in [2.75, 3.05) is 12.3 Å². The maximum Gasteiger partial charge on any atom is 0.138 e. The molecule has 1 N–H and O–H groups in total. The van der Waals surface area contributed by atoms with Crippen LogP contribution in [0.1, 0.15) is 36.6 Å². The molecule has 0 saturated carbocycles. The SMILES string of the molecule is Cc1nc(CSCC(C)C)nc2c1CCNC2. The highest BCUT2D eigenvalue weighted by Gasteiger charge is 2.14. The number of hydrogen-bond acceptors (Lipinski definition) is 4. The van der Waals surface area contributed by atoms with Crippen molar-refractivity contribution < 1.29 is 0 Å². The number of thioether (sulfide) groups is 1. The minimum absolute atomic E-state index is 0.736. The van der Waals surface area contributed by atoms with E-state index >= 15 is 0 Å². The molecule has 0 aromatic carbocycles. The van der Waals surface area contributed by atoms with Gasteiger partial charge in [0.05, 0.1) is 11.4 Å². The van der Waals surface area contributed by atoms with E-state index in [0.717, 1.165) is 37.0 Å². The van der Waals surface area contributed by atoms with Crippen LogP contribution in [-0.2, 0) is 18.7 Å². The van der Waals surface area contributed by atoms with E-state index in [2.05, 4.69) is 36.1 Å². The summed E-state index contributed by atoms with van der Waals surface area (Å²) in [6, 6.07) is 0. The van der Waals surface area contributed by atoms with E-state index in [9.17, 15) is 0 Å². The molecule has 0 unspecified atom stereocenters. The number of fused-ring (bicyclic) bond motifs is 1. The van der Waals surface area contributed by atoms with Crippen LogP contribution in [0, 0.1) is 12.8 Å². The summed E-state index contributed by atoms with van der Waals surface area (Å²) < 4.78 is 0. The van der Waals surface area contributed by atoms with Gasteiger partial charge in [0.25, 0.3) is 0 Å². The molecule has 0 bridgehead atoms. The van der Waals surface area contributed by atoms with Gasteiger partial charge in [-0.25, -0.2) is 9.97 Å². The first-order valence-electron chi connectivity index (χ1n) is 6.30. The van der Waals surface area contributed by atoms with Crippen molar-refractivity contribution in [2.24, 2.45) is 5.92 Å². The molecule has 0 fully saturated rings. The highest BCUT2D eigenvalue weighted by Crippen LogP contribution is 2.18. The van der Waals surface area contributed by atoms with E-state index in [1.165, 1.54) is 22.7 Å². The van der Waals surface area contributed by atoms with Crippen molar-refractivity contribution >= 4 is 11.8 Å². The maximum atomic E-state index is 4.68. The Balaban J connectivity index is 2.06. The Morgan fingerprint density at radius 3 is 2.94 bits per heavy atom. The smallest absolute Gasteiger partial charge is 0.138 e. The summed E-state index contributed by atoms with van der Waals surface area (Å²) in [5, 5.41) is 3.37. The largest absolute Gasteiger partial charge is 0.311 e. The van der Waals surface area contributed by atoms with Gasteiger partial charge in [0.1, 0.15) is 5.82 Å². The van der Waals surface area contributed by atoms with Crippen molar-refractivity contribution in [3.63, 3.8) is 0 Å². The van der Waals surface area contributed by atoms with Gasteiger partial charge in [0.2, 0.25) is 0 Å². The second-order valence-electron chi connectivity index (χ2n) is 4.99. The average molecular weight is 251 g/mol. The quantitative estimate of drug-likeness (QED) is 0.891. The maximum absolute atomic E-state index is 4.68. The fourth-order valence-corrected chi connectivity index (χ4v) is 2.96. The number of aryl methyl sites for hydroxylation is 1. The number of hydrogen-bond donors (Lipinski definition) is 1. The second kappa shape index (κ2) is 5.83. The molecule has 0 spiro atoms. The Kier molecular flexibility index (Phi) is 4.40. The van der Waals surface area contributed by atoms with Gasteiger partial charge >= 0.3 is 0 Å². The summed E-state index contributed by atoms with van der Waals surface area (Å²) in [4.78, 5) is 9.30. The predicted octanol–water partition coefficient (Wildman–Crippen LogP) is 2.32. The highest BCUT2D eigenvalue weighted by atomic mass is 32.2. The monoisotopic (exact) mass is 251 g/mol. The summed E-state index contributed by atoms with van der Waals surface area (Å²) in [5.74, 6) is 3.85. The van der Waals surface area contributed by atoms with Gasteiger partial charge in [0.15, 0.2) is 0 Å². The van der Waals surface area contributed by atoms with Crippen LogP contribution in [-0.4, -0.2) is 22.3 Å². The zero-order valence-corrected chi connectivity index (χ0v) is 11.7. The summed E-state index contributed by atoms with van der Waals surface area (Å²) in [6.45, 7) is 8.56.